The molecule has 0 aliphatic carbocycles. The molecule has 3 heterocycles. The fourth-order valence-corrected chi connectivity index (χ4v) is 3.55. The lowest BCUT2D eigenvalue weighted by Crippen LogP contribution is -2.44. The molecule has 4 rings (SSSR count). The smallest absolute Gasteiger partial charge is 0.318 e. The van der Waals surface area contributed by atoms with E-state index >= 15 is 0 Å². The lowest BCUT2D eigenvalue weighted by atomic mass is 10.1. The predicted octanol–water partition coefficient (Wildman–Crippen LogP) is 2.06. The maximum atomic E-state index is 12.5. The Bertz CT molecular complexity index is 760. The van der Waals surface area contributed by atoms with Crippen molar-refractivity contribution in [2.75, 3.05) is 38.1 Å². The summed E-state index contributed by atoms with van der Waals surface area (Å²) in [7, 11) is 2.15. The number of rotatable bonds is 3. The van der Waals surface area contributed by atoms with Gasteiger partial charge in [0.1, 0.15) is 5.82 Å². The minimum Gasteiger partial charge on any atom is -0.354 e. The van der Waals surface area contributed by atoms with Crippen molar-refractivity contribution in [2.45, 2.75) is 19.6 Å². The van der Waals surface area contributed by atoms with Gasteiger partial charge in [-0.05, 0) is 35.9 Å². The Morgan fingerprint density at radius 3 is 2.46 bits per heavy atom. The van der Waals surface area contributed by atoms with Crippen molar-refractivity contribution in [3.8, 4) is 0 Å². The molecule has 26 heavy (non-hydrogen) atoms. The van der Waals surface area contributed by atoms with Crippen molar-refractivity contribution in [3.63, 3.8) is 0 Å². The van der Waals surface area contributed by atoms with Gasteiger partial charge in [-0.1, -0.05) is 24.3 Å². The summed E-state index contributed by atoms with van der Waals surface area (Å²) in [6.45, 7) is 5.98. The molecule has 2 amide bonds. The van der Waals surface area contributed by atoms with Crippen LogP contribution in [0.4, 0.5) is 10.6 Å². The zero-order valence-corrected chi connectivity index (χ0v) is 15.2. The van der Waals surface area contributed by atoms with E-state index in [0.717, 1.165) is 37.6 Å². The van der Waals surface area contributed by atoms with Crippen LogP contribution in [-0.2, 0) is 19.6 Å². The van der Waals surface area contributed by atoms with Gasteiger partial charge in [-0.25, -0.2) is 9.78 Å². The predicted molar refractivity (Wildman–Crippen MR) is 102 cm³/mol. The van der Waals surface area contributed by atoms with Crippen LogP contribution in [0.15, 0.2) is 42.6 Å². The van der Waals surface area contributed by atoms with Gasteiger partial charge >= 0.3 is 6.03 Å². The summed E-state index contributed by atoms with van der Waals surface area (Å²) in [5, 5.41) is 3.05. The third-order valence-electron chi connectivity index (χ3n) is 5.21. The van der Waals surface area contributed by atoms with Crippen molar-refractivity contribution in [3.05, 3.63) is 59.3 Å². The van der Waals surface area contributed by atoms with Crippen LogP contribution in [0.5, 0.6) is 0 Å². The maximum Gasteiger partial charge on any atom is 0.318 e. The van der Waals surface area contributed by atoms with E-state index in [1.54, 1.807) is 0 Å². The van der Waals surface area contributed by atoms with E-state index in [4.69, 9.17) is 0 Å². The summed E-state index contributed by atoms with van der Waals surface area (Å²) in [6, 6.07) is 12.3. The summed E-state index contributed by atoms with van der Waals surface area (Å²) in [6.07, 6.45) is 1.83. The first-order valence-electron chi connectivity index (χ1n) is 9.17. The third-order valence-corrected chi connectivity index (χ3v) is 5.21. The van der Waals surface area contributed by atoms with Crippen LogP contribution < -0.4 is 10.2 Å². The van der Waals surface area contributed by atoms with E-state index in [1.807, 2.05) is 29.3 Å². The van der Waals surface area contributed by atoms with Gasteiger partial charge in [-0.3, -0.25) is 0 Å². The number of hydrogen-bond donors (Lipinski definition) is 1. The number of nitrogens with one attached hydrogen (secondary N) is 1. The molecule has 0 saturated carbocycles. The Morgan fingerprint density at radius 1 is 1.08 bits per heavy atom. The van der Waals surface area contributed by atoms with E-state index in [9.17, 15) is 4.79 Å². The maximum absolute atomic E-state index is 12.5. The Balaban J connectivity index is 1.34. The number of pyridine rings is 1. The molecule has 1 N–H and O–H groups in total. The van der Waals surface area contributed by atoms with E-state index in [1.165, 1.54) is 11.1 Å². The number of fused-ring (bicyclic) bond motifs is 1. The van der Waals surface area contributed by atoms with E-state index in [0.29, 0.717) is 19.6 Å². The van der Waals surface area contributed by atoms with Gasteiger partial charge in [0.05, 0.1) is 0 Å². The van der Waals surface area contributed by atoms with Gasteiger partial charge in [-0.15, -0.1) is 0 Å². The van der Waals surface area contributed by atoms with Crippen LogP contribution in [0.1, 0.15) is 16.7 Å². The Hall–Kier alpha value is -2.60. The molecule has 6 heteroatoms. The van der Waals surface area contributed by atoms with Gasteiger partial charge in [0.2, 0.25) is 0 Å². The van der Waals surface area contributed by atoms with Gasteiger partial charge in [-0.2, -0.15) is 0 Å². The third kappa shape index (κ3) is 3.65. The largest absolute Gasteiger partial charge is 0.354 e. The van der Waals surface area contributed by atoms with Crippen molar-refractivity contribution < 1.29 is 4.79 Å². The average Bonchev–Trinajstić information content (AvgIpc) is 3.11. The van der Waals surface area contributed by atoms with Crippen molar-refractivity contribution in [2.24, 2.45) is 0 Å². The minimum atomic E-state index is -0.0147. The van der Waals surface area contributed by atoms with Gasteiger partial charge in [0.15, 0.2) is 0 Å². The highest BCUT2D eigenvalue weighted by molar-refractivity contribution is 5.75. The van der Waals surface area contributed by atoms with Gasteiger partial charge in [0, 0.05) is 52.0 Å². The molecule has 1 aromatic heterocycles. The molecule has 0 radical (unpaired) electrons. The molecule has 6 nitrogen and oxygen atoms in total. The standard InChI is InChI=1S/C20H25N5O/c1-23-8-10-24(11-9-23)19-12-16(6-7-21-19)13-22-20(26)25-14-17-4-2-3-5-18(17)15-25/h2-7,12H,8-11,13-15H2,1H3,(H,22,26). The second kappa shape index (κ2) is 7.33. The average molecular weight is 351 g/mol. The van der Waals surface area contributed by atoms with Crippen LogP contribution in [0.3, 0.4) is 0 Å². The topological polar surface area (TPSA) is 51.7 Å². The van der Waals surface area contributed by atoms with E-state index in [-0.39, 0.29) is 6.03 Å². The number of piperazine rings is 1. The second-order valence-electron chi connectivity index (χ2n) is 7.10. The van der Waals surface area contributed by atoms with E-state index < -0.39 is 0 Å². The molecule has 0 unspecified atom stereocenters. The number of likely N-dealkylation sites (N-methyl/N-ethyl adjacent to an activating group) is 1. The molecule has 2 aliphatic rings. The monoisotopic (exact) mass is 351 g/mol. The summed E-state index contributed by atoms with van der Waals surface area (Å²) >= 11 is 0. The number of nitrogens with zero attached hydrogens (tertiary/aromatic N) is 4. The Labute approximate surface area is 154 Å². The highest BCUT2D eigenvalue weighted by atomic mass is 16.2. The first-order valence-corrected chi connectivity index (χ1v) is 9.17. The summed E-state index contributed by atoms with van der Waals surface area (Å²) < 4.78 is 0. The number of anilines is 1. The number of amides is 2. The lowest BCUT2D eigenvalue weighted by molar-refractivity contribution is 0.198. The quantitative estimate of drug-likeness (QED) is 0.920. The number of carbonyl (C=O) groups is 1. The minimum absolute atomic E-state index is 0.0147. The molecular formula is C20H25N5O. The zero-order valence-electron chi connectivity index (χ0n) is 15.2. The first kappa shape index (κ1) is 16.8. The molecule has 0 spiro atoms. The number of urea groups is 1. The van der Waals surface area contributed by atoms with Crippen molar-refractivity contribution >= 4 is 11.8 Å². The van der Waals surface area contributed by atoms with Crippen LogP contribution in [0.2, 0.25) is 0 Å². The van der Waals surface area contributed by atoms with Crippen molar-refractivity contribution in [1.82, 2.24) is 20.1 Å². The van der Waals surface area contributed by atoms with Crippen LogP contribution in [0.25, 0.3) is 0 Å². The van der Waals surface area contributed by atoms with Gasteiger partial charge < -0.3 is 20.0 Å². The molecule has 1 fully saturated rings. The fourth-order valence-electron chi connectivity index (χ4n) is 3.55. The van der Waals surface area contributed by atoms with Crippen LogP contribution >= 0.6 is 0 Å². The van der Waals surface area contributed by atoms with Crippen LogP contribution in [0, 0.1) is 0 Å². The molecule has 1 saturated heterocycles. The molecule has 136 valence electrons. The van der Waals surface area contributed by atoms with Gasteiger partial charge in [0.25, 0.3) is 0 Å². The fraction of sp³-hybridized carbons (Fsp3) is 0.400. The van der Waals surface area contributed by atoms with Crippen LogP contribution in [-0.4, -0.2) is 54.0 Å². The van der Waals surface area contributed by atoms with E-state index in [2.05, 4.69) is 45.3 Å². The lowest BCUT2D eigenvalue weighted by Gasteiger charge is -2.33. The SMILES string of the molecule is CN1CCN(c2cc(CNC(=O)N3Cc4ccccc4C3)ccn2)CC1. The second-order valence-corrected chi connectivity index (χ2v) is 7.10. The van der Waals surface area contributed by atoms with Crippen molar-refractivity contribution in [1.29, 1.82) is 0 Å². The number of hydrogen-bond acceptors (Lipinski definition) is 4. The Kier molecular flexibility index (Phi) is 4.75. The molecule has 2 aliphatic heterocycles. The highest BCUT2D eigenvalue weighted by Crippen LogP contribution is 2.22. The summed E-state index contributed by atoms with van der Waals surface area (Å²) in [5.74, 6) is 0.999. The number of benzene rings is 1. The first-order chi connectivity index (χ1) is 12.7. The Morgan fingerprint density at radius 2 is 1.77 bits per heavy atom. The number of carbonyl (C=O) groups excluding carboxylic acids is 1. The molecular weight excluding hydrogens is 326 g/mol. The summed E-state index contributed by atoms with van der Waals surface area (Å²) in [4.78, 5) is 23.5. The molecule has 0 atom stereocenters. The summed E-state index contributed by atoms with van der Waals surface area (Å²) in [5.41, 5.74) is 3.56. The number of aromatic nitrogens is 1. The highest BCUT2D eigenvalue weighted by Gasteiger charge is 2.22. The zero-order chi connectivity index (χ0) is 17.9. The molecule has 2 aromatic rings. The normalized spacial score (nSPS) is 17.3. The molecule has 0 bridgehead atoms. The molecule has 1 aromatic carbocycles.